The van der Waals surface area contributed by atoms with Gasteiger partial charge >= 0.3 is 0 Å². The molecule has 78 valence electrons. The fraction of sp³-hybridized carbons (Fsp3) is 0.455. The highest BCUT2D eigenvalue weighted by Gasteiger charge is 2.23. The van der Waals surface area contributed by atoms with Gasteiger partial charge in [0, 0.05) is 18.7 Å². The molecule has 0 radical (unpaired) electrons. The van der Waals surface area contributed by atoms with Crippen LogP contribution in [0.5, 0.6) is 0 Å². The second-order valence-electron chi connectivity index (χ2n) is 4.24. The third kappa shape index (κ3) is 1.51. The molecule has 4 heteroatoms. The van der Waals surface area contributed by atoms with Crippen LogP contribution in [0.4, 0.5) is 0 Å². The fourth-order valence-corrected chi connectivity index (χ4v) is 2.22. The summed E-state index contributed by atoms with van der Waals surface area (Å²) in [5.41, 5.74) is 1.88. The van der Waals surface area contributed by atoms with Gasteiger partial charge < -0.3 is 9.88 Å². The Labute approximate surface area is 88.3 Å². The number of hydrogen-bond donors (Lipinski definition) is 1. The zero-order chi connectivity index (χ0) is 10.3. The van der Waals surface area contributed by atoms with Crippen LogP contribution in [0.1, 0.15) is 18.2 Å². The van der Waals surface area contributed by atoms with Gasteiger partial charge in [-0.25, -0.2) is 9.97 Å². The van der Waals surface area contributed by atoms with Crippen LogP contribution in [0, 0.1) is 0 Å². The Morgan fingerprint density at radius 3 is 3.20 bits per heavy atom. The zero-order valence-corrected chi connectivity index (χ0v) is 8.77. The first kappa shape index (κ1) is 8.85. The predicted molar refractivity (Wildman–Crippen MR) is 58.7 cm³/mol. The van der Waals surface area contributed by atoms with Crippen molar-refractivity contribution in [3.05, 3.63) is 24.2 Å². The van der Waals surface area contributed by atoms with Crippen molar-refractivity contribution >= 4 is 11.2 Å². The number of aromatic nitrogens is 3. The van der Waals surface area contributed by atoms with Crippen molar-refractivity contribution in [1.29, 1.82) is 0 Å². The molecule has 1 atom stereocenters. The van der Waals surface area contributed by atoms with Crippen molar-refractivity contribution in [3.8, 4) is 0 Å². The SMILES string of the molecule is CN1CC[C@H](c2nc3ncccc3[nH]2)C1. The number of imidazole rings is 1. The largest absolute Gasteiger partial charge is 0.340 e. The number of rotatable bonds is 1. The van der Waals surface area contributed by atoms with Crippen molar-refractivity contribution in [2.75, 3.05) is 20.1 Å². The summed E-state index contributed by atoms with van der Waals surface area (Å²) in [4.78, 5) is 14.5. The number of fused-ring (bicyclic) bond motifs is 1. The molecule has 0 unspecified atom stereocenters. The molecule has 2 aromatic rings. The van der Waals surface area contributed by atoms with E-state index < -0.39 is 0 Å². The first-order chi connectivity index (χ1) is 7.33. The molecule has 1 N–H and O–H groups in total. The lowest BCUT2D eigenvalue weighted by atomic mass is 10.1. The van der Waals surface area contributed by atoms with E-state index in [0.717, 1.165) is 30.1 Å². The van der Waals surface area contributed by atoms with E-state index in [-0.39, 0.29) is 0 Å². The van der Waals surface area contributed by atoms with Crippen LogP contribution in [0.25, 0.3) is 11.2 Å². The average Bonchev–Trinajstić information content (AvgIpc) is 2.82. The lowest BCUT2D eigenvalue weighted by Gasteiger charge is -2.06. The molecule has 3 rings (SSSR count). The number of aromatic amines is 1. The summed E-state index contributed by atoms with van der Waals surface area (Å²) in [6, 6.07) is 3.96. The summed E-state index contributed by atoms with van der Waals surface area (Å²) in [5.74, 6) is 1.64. The first-order valence-corrected chi connectivity index (χ1v) is 5.32. The van der Waals surface area contributed by atoms with Gasteiger partial charge in [-0.1, -0.05) is 0 Å². The van der Waals surface area contributed by atoms with Crippen molar-refractivity contribution in [3.63, 3.8) is 0 Å². The average molecular weight is 202 g/mol. The quantitative estimate of drug-likeness (QED) is 0.759. The minimum atomic E-state index is 0.546. The number of pyridine rings is 1. The lowest BCUT2D eigenvalue weighted by Crippen LogP contribution is -2.13. The van der Waals surface area contributed by atoms with Crippen LogP contribution in [0.2, 0.25) is 0 Å². The third-order valence-electron chi connectivity index (χ3n) is 3.05. The van der Waals surface area contributed by atoms with Crippen LogP contribution >= 0.6 is 0 Å². The van der Waals surface area contributed by atoms with Crippen molar-refractivity contribution < 1.29 is 0 Å². The molecule has 1 aliphatic rings. The maximum absolute atomic E-state index is 4.54. The molecule has 0 bridgehead atoms. The summed E-state index contributed by atoms with van der Waals surface area (Å²) in [7, 11) is 2.15. The van der Waals surface area contributed by atoms with Crippen LogP contribution in [-0.2, 0) is 0 Å². The molecule has 2 aromatic heterocycles. The van der Waals surface area contributed by atoms with Gasteiger partial charge in [-0.05, 0) is 32.1 Å². The Morgan fingerprint density at radius 1 is 1.53 bits per heavy atom. The maximum atomic E-state index is 4.54. The molecule has 1 saturated heterocycles. The number of nitrogens with zero attached hydrogens (tertiary/aromatic N) is 3. The summed E-state index contributed by atoms with van der Waals surface area (Å²) in [5, 5.41) is 0. The molecule has 0 saturated carbocycles. The molecule has 0 aromatic carbocycles. The molecular weight excluding hydrogens is 188 g/mol. The Balaban J connectivity index is 1.98. The van der Waals surface area contributed by atoms with E-state index in [0.29, 0.717) is 5.92 Å². The third-order valence-corrected chi connectivity index (χ3v) is 3.05. The zero-order valence-electron chi connectivity index (χ0n) is 8.77. The molecular formula is C11H14N4. The van der Waals surface area contributed by atoms with E-state index in [1.807, 2.05) is 12.1 Å². The van der Waals surface area contributed by atoms with Gasteiger partial charge in [-0.3, -0.25) is 0 Å². The fourth-order valence-electron chi connectivity index (χ4n) is 2.22. The normalized spacial score (nSPS) is 22.6. The summed E-state index contributed by atoms with van der Waals surface area (Å²) >= 11 is 0. The van der Waals surface area contributed by atoms with Crippen LogP contribution < -0.4 is 0 Å². The number of nitrogens with one attached hydrogen (secondary N) is 1. The smallest absolute Gasteiger partial charge is 0.177 e. The Morgan fingerprint density at radius 2 is 2.47 bits per heavy atom. The summed E-state index contributed by atoms with van der Waals surface area (Å²) in [6.45, 7) is 2.26. The van der Waals surface area contributed by atoms with E-state index in [4.69, 9.17) is 0 Å². The van der Waals surface area contributed by atoms with Crippen LogP contribution in [0.3, 0.4) is 0 Å². The van der Waals surface area contributed by atoms with Gasteiger partial charge in [0.05, 0.1) is 5.52 Å². The first-order valence-electron chi connectivity index (χ1n) is 5.32. The number of hydrogen-bond acceptors (Lipinski definition) is 3. The molecule has 15 heavy (non-hydrogen) atoms. The standard InChI is InChI=1S/C11H14N4/c1-15-6-4-8(7-15)10-13-9-3-2-5-12-11(9)14-10/h2-3,5,8H,4,6-7H2,1H3,(H,12,13,14)/t8-/m0/s1. The van der Waals surface area contributed by atoms with Gasteiger partial charge in [0.2, 0.25) is 0 Å². The van der Waals surface area contributed by atoms with E-state index in [9.17, 15) is 0 Å². The number of H-pyrrole nitrogens is 1. The van der Waals surface area contributed by atoms with E-state index in [1.165, 1.54) is 6.42 Å². The molecule has 1 fully saturated rings. The molecule has 3 heterocycles. The second kappa shape index (κ2) is 3.31. The highest BCUT2D eigenvalue weighted by Crippen LogP contribution is 2.25. The van der Waals surface area contributed by atoms with Gasteiger partial charge in [0.1, 0.15) is 5.82 Å². The van der Waals surface area contributed by atoms with Gasteiger partial charge in [-0.15, -0.1) is 0 Å². The minimum absolute atomic E-state index is 0.546. The molecule has 0 amide bonds. The van der Waals surface area contributed by atoms with E-state index in [2.05, 4.69) is 26.9 Å². The Kier molecular flexibility index (Phi) is 1.95. The molecule has 0 aliphatic carbocycles. The number of likely N-dealkylation sites (N-methyl/N-ethyl adjacent to an activating group) is 1. The predicted octanol–water partition coefficient (Wildman–Crippen LogP) is 1.38. The van der Waals surface area contributed by atoms with Gasteiger partial charge in [0.25, 0.3) is 0 Å². The molecule has 0 spiro atoms. The van der Waals surface area contributed by atoms with Crippen LogP contribution in [-0.4, -0.2) is 40.0 Å². The maximum Gasteiger partial charge on any atom is 0.177 e. The van der Waals surface area contributed by atoms with Crippen LogP contribution in [0.15, 0.2) is 18.3 Å². The Hall–Kier alpha value is -1.42. The van der Waals surface area contributed by atoms with Gasteiger partial charge in [-0.2, -0.15) is 0 Å². The lowest BCUT2D eigenvalue weighted by molar-refractivity contribution is 0.410. The minimum Gasteiger partial charge on any atom is -0.340 e. The Bertz CT molecular complexity index is 443. The molecule has 1 aliphatic heterocycles. The highest BCUT2D eigenvalue weighted by atomic mass is 15.1. The summed E-state index contributed by atoms with van der Waals surface area (Å²) < 4.78 is 0. The van der Waals surface area contributed by atoms with Gasteiger partial charge in [0.15, 0.2) is 5.65 Å². The number of likely N-dealkylation sites (tertiary alicyclic amines) is 1. The molecule has 4 nitrogen and oxygen atoms in total. The van der Waals surface area contributed by atoms with E-state index in [1.54, 1.807) is 6.20 Å². The summed E-state index contributed by atoms with van der Waals surface area (Å²) in [6.07, 6.45) is 2.98. The van der Waals surface area contributed by atoms with E-state index >= 15 is 0 Å². The van der Waals surface area contributed by atoms with Crippen molar-refractivity contribution in [1.82, 2.24) is 19.9 Å². The van der Waals surface area contributed by atoms with Crippen molar-refractivity contribution in [2.45, 2.75) is 12.3 Å². The monoisotopic (exact) mass is 202 g/mol. The topological polar surface area (TPSA) is 44.8 Å². The van der Waals surface area contributed by atoms with Crippen molar-refractivity contribution in [2.24, 2.45) is 0 Å². The highest BCUT2D eigenvalue weighted by molar-refractivity contribution is 5.70. The second-order valence-corrected chi connectivity index (χ2v) is 4.24.